The van der Waals surface area contributed by atoms with E-state index in [1.54, 1.807) is 0 Å². The largest absolute Gasteiger partial charge is 0.493 e. The number of aromatic nitrogens is 2. The zero-order valence-corrected chi connectivity index (χ0v) is 15.7. The minimum Gasteiger partial charge on any atom is -0.493 e. The van der Waals surface area contributed by atoms with Crippen LogP contribution >= 0.6 is 0 Å². The van der Waals surface area contributed by atoms with E-state index in [-0.39, 0.29) is 0 Å². The Hall–Kier alpha value is -2.51. The van der Waals surface area contributed by atoms with Gasteiger partial charge in [-0.15, -0.1) is 0 Å². The summed E-state index contributed by atoms with van der Waals surface area (Å²) in [6, 6.07) is 6.32. The Bertz CT molecular complexity index is 1000. The summed E-state index contributed by atoms with van der Waals surface area (Å²) in [5.74, 6) is 8.15. The number of hydrogen-bond acceptors (Lipinski definition) is 3. The van der Waals surface area contributed by atoms with Gasteiger partial charge in [-0.05, 0) is 63.9 Å². The molecule has 0 aliphatic heterocycles. The highest BCUT2D eigenvalue weighted by molar-refractivity contribution is 6.10. The van der Waals surface area contributed by atoms with E-state index in [0.29, 0.717) is 5.92 Å². The van der Waals surface area contributed by atoms with Crippen molar-refractivity contribution in [2.24, 2.45) is 5.92 Å². The number of H-pyrrole nitrogens is 1. The number of pyridine rings is 1. The Labute approximate surface area is 154 Å². The van der Waals surface area contributed by atoms with Gasteiger partial charge < -0.3 is 14.6 Å². The average molecular weight is 347 g/mol. The second kappa shape index (κ2) is 7.01. The third kappa shape index (κ3) is 3.54. The molecule has 0 radical (unpaired) electrons. The van der Waals surface area contributed by atoms with Crippen molar-refractivity contribution in [1.82, 2.24) is 14.9 Å². The average Bonchev–Trinajstić information content (AvgIpc) is 3.37. The standard InChI is InChI=1S/C22H25N3O/c1-15-13-17-20(14-21(15)26-12-4-11-25(2)3)24-19-9-10-23-18(22(17)19)8-7-16-5-6-16/h9-10,13-14,16,24H,4-6,11-12H2,1-3H3. The van der Waals surface area contributed by atoms with Gasteiger partial charge in [0.05, 0.1) is 17.6 Å². The minimum atomic E-state index is 0.571. The van der Waals surface area contributed by atoms with E-state index in [1.165, 1.54) is 18.2 Å². The fraction of sp³-hybridized carbons (Fsp3) is 0.409. The summed E-state index contributed by atoms with van der Waals surface area (Å²) in [6.45, 7) is 3.86. The molecule has 4 nitrogen and oxygen atoms in total. The maximum Gasteiger partial charge on any atom is 0.124 e. The first-order valence-electron chi connectivity index (χ1n) is 9.32. The summed E-state index contributed by atoms with van der Waals surface area (Å²) in [5.41, 5.74) is 4.18. The first kappa shape index (κ1) is 16.9. The summed E-state index contributed by atoms with van der Waals surface area (Å²) in [5, 5.41) is 2.30. The second-order valence-electron chi connectivity index (χ2n) is 7.42. The zero-order chi connectivity index (χ0) is 18.1. The van der Waals surface area contributed by atoms with Crippen molar-refractivity contribution >= 4 is 21.8 Å². The monoisotopic (exact) mass is 347 g/mol. The van der Waals surface area contributed by atoms with Gasteiger partial charge in [-0.1, -0.05) is 5.92 Å². The fourth-order valence-corrected chi connectivity index (χ4v) is 3.19. The van der Waals surface area contributed by atoms with E-state index >= 15 is 0 Å². The molecule has 1 fully saturated rings. The number of ether oxygens (including phenoxy) is 1. The highest BCUT2D eigenvalue weighted by atomic mass is 16.5. The van der Waals surface area contributed by atoms with Crippen LogP contribution in [0.15, 0.2) is 24.4 Å². The topological polar surface area (TPSA) is 41.1 Å². The lowest BCUT2D eigenvalue weighted by atomic mass is 10.1. The Kier molecular flexibility index (Phi) is 4.57. The molecular weight excluding hydrogens is 322 g/mol. The molecule has 0 amide bonds. The third-order valence-electron chi connectivity index (χ3n) is 4.78. The SMILES string of the molecule is Cc1cc2c(cc1OCCCN(C)C)[nH]c1ccnc(C#CC3CC3)c12. The summed E-state index contributed by atoms with van der Waals surface area (Å²) in [7, 11) is 4.17. The van der Waals surface area contributed by atoms with Crippen molar-refractivity contribution in [2.75, 3.05) is 27.2 Å². The van der Waals surface area contributed by atoms with Crippen LogP contribution in [-0.2, 0) is 0 Å². The van der Waals surface area contributed by atoms with Gasteiger partial charge in [0.25, 0.3) is 0 Å². The molecule has 26 heavy (non-hydrogen) atoms. The summed E-state index contributed by atoms with van der Waals surface area (Å²) in [6.07, 6.45) is 5.30. The maximum atomic E-state index is 6.02. The van der Waals surface area contributed by atoms with Crippen LogP contribution < -0.4 is 4.74 Å². The van der Waals surface area contributed by atoms with Crippen molar-refractivity contribution in [2.45, 2.75) is 26.2 Å². The molecule has 0 unspecified atom stereocenters. The van der Waals surface area contributed by atoms with Crippen LogP contribution in [0.4, 0.5) is 0 Å². The van der Waals surface area contributed by atoms with Crippen LogP contribution in [0.25, 0.3) is 21.8 Å². The highest BCUT2D eigenvalue weighted by Gasteiger charge is 2.18. The molecule has 4 rings (SSSR count). The molecule has 1 saturated carbocycles. The molecule has 0 bridgehead atoms. The Balaban J connectivity index is 1.67. The number of hydrogen-bond donors (Lipinski definition) is 1. The quantitative estimate of drug-likeness (QED) is 0.558. The van der Waals surface area contributed by atoms with E-state index in [2.05, 4.69) is 59.9 Å². The van der Waals surface area contributed by atoms with E-state index in [0.717, 1.165) is 53.0 Å². The third-order valence-corrected chi connectivity index (χ3v) is 4.78. The Morgan fingerprint density at radius 1 is 1.27 bits per heavy atom. The van der Waals surface area contributed by atoms with Gasteiger partial charge in [0.15, 0.2) is 0 Å². The molecule has 1 aliphatic rings. The Morgan fingerprint density at radius 2 is 2.12 bits per heavy atom. The number of rotatable bonds is 5. The second-order valence-corrected chi connectivity index (χ2v) is 7.42. The van der Waals surface area contributed by atoms with Crippen LogP contribution in [0, 0.1) is 24.7 Å². The van der Waals surface area contributed by atoms with Gasteiger partial charge in [-0.25, -0.2) is 4.98 Å². The van der Waals surface area contributed by atoms with Gasteiger partial charge in [0.1, 0.15) is 11.4 Å². The molecule has 134 valence electrons. The van der Waals surface area contributed by atoms with Crippen LogP contribution in [0.2, 0.25) is 0 Å². The molecule has 2 heterocycles. The van der Waals surface area contributed by atoms with Crippen molar-refractivity contribution in [3.8, 4) is 17.6 Å². The first-order chi connectivity index (χ1) is 12.6. The van der Waals surface area contributed by atoms with E-state index in [4.69, 9.17) is 4.74 Å². The predicted molar refractivity (Wildman–Crippen MR) is 107 cm³/mol. The van der Waals surface area contributed by atoms with Crippen molar-refractivity contribution in [1.29, 1.82) is 0 Å². The van der Waals surface area contributed by atoms with Crippen LogP contribution in [-0.4, -0.2) is 42.1 Å². The lowest BCUT2D eigenvalue weighted by Crippen LogP contribution is -2.15. The van der Waals surface area contributed by atoms with Crippen molar-refractivity contribution in [3.63, 3.8) is 0 Å². The van der Waals surface area contributed by atoms with Crippen molar-refractivity contribution in [3.05, 3.63) is 35.7 Å². The Morgan fingerprint density at radius 3 is 2.88 bits per heavy atom. The number of fused-ring (bicyclic) bond motifs is 3. The number of benzene rings is 1. The van der Waals surface area contributed by atoms with Gasteiger partial charge in [-0.2, -0.15) is 0 Å². The molecule has 3 aromatic rings. The smallest absolute Gasteiger partial charge is 0.124 e. The summed E-state index contributed by atoms with van der Waals surface area (Å²) < 4.78 is 6.02. The first-order valence-corrected chi connectivity index (χ1v) is 9.32. The molecule has 4 heteroatoms. The molecular formula is C22H25N3O. The van der Waals surface area contributed by atoms with E-state index in [1.807, 2.05) is 12.3 Å². The molecule has 2 aromatic heterocycles. The lowest BCUT2D eigenvalue weighted by Gasteiger charge is -2.12. The van der Waals surface area contributed by atoms with Crippen LogP contribution in [0.3, 0.4) is 0 Å². The summed E-state index contributed by atoms with van der Waals surface area (Å²) >= 11 is 0. The zero-order valence-electron chi connectivity index (χ0n) is 15.7. The molecule has 1 aromatic carbocycles. The van der Waals surface area contributed by atoms with E-state index < -0.39 is 0 Å². The van der Waals surface area contributed by atoms with Gasteiger partial charge in [0.2, 0.25) is 0 Å². The summed E-state index contributed by atoms with van der Waals surface area (Å²) in [4.78, 5) is 10.2. The van der Waals surface area contributed by atoms with Gasteiger partial charge in [-0.3, -0.25) is 0 Å². The molecule has 0 saturated heterocycles. The minimum absolute atomic E-state index is 0.571. The van der Waals surface area contributed by atoms with Gasteiger partial charge in [0, 0.05) is 35.5 Å². The lowest BCUT2D eigenvalue weighted by molar-refractivity contribution is 0.280. The fourth-order valence-electron chi connectivity index (χ4n) is 3.19. The molecule has 0 atom stereocenters. The number of aromatic amines is 1. The molecule has 0 spiro atoms. The molecule has 1 aliphatic carbocycles. The molecule has 1 N–H and O–H groups in total. The van der Waals surface area contributed by atoms with E-state index in [9.17, 15) is 0 Å². The number of nitrogens with one attached hydrogen (secondary N) is 1. The van der Waals surface area contributed by atoms with Crippen LogP contribution in [0.5, 0.6) is 5.75 Å². The van der Waals surface area contributed by atoms with Crippen molar-refractivity contribution < 1.29 is 4.74 Å². The number of aryl methyl sites for hydroxylation is 1. The maximum absolute atomic E-state index is 6.02. The van der Waals surface area contributed by atoms with Crippen LogP contribution in [0.1, 0.15) is 30.5 Å². The number of nitrogens with zero attached hydrogens (tertiary/aromatic N) is 2. The normalized spacial score (nSPS) is 14.0. The highest BCUT2D eigenvalue weighted by Crippen LogP contribution is 2.33. The predicted octanol–water partition coefficient (Wildman–Crippen LogP) is 4.12. The van der Waals surface area contributed by atoms with Gasteiger partial charge >= 0.3 is 0 Å².